The summed E-state index contributed by atoms with van der Waals surface area (Å²) < 4.78 is 47.1. The first-order valence-corrected chi connectivity index (χ1v) is 9.28. The van der Waals surface area contributed by atoms with Gasteiger partial charge in [0.25, 0.3) is 5.91 Å². The standard InChI is InChI=1S/C18H20F3N5O3/c19-18(20,21)14-8-12(13-2-1-7-29-13)24-16-11(9-23-26(14)16)17(28)25-5-3-10(4-6-25)15(22)27/h1-2,7,9-10,12,14,24H,3-6,8H2,(H2,22,27). The lowest BCUT2D eigenvalue weighted by Crippen LogP contribution is -2.42. The summed E-state index contributed by atoms with van der Waals surface area (Å²) in [4.78, 5) is 25.8. The van der Waals surface area contributed by atoms with Gasteiger partial charge in [-0.05, 0) is 25.0 Å². The molecule has 0 bridgehead atoms. The number of likely N-dealkylation sites (tertiary alicyclic amines) is 1. The number of nitrogens with two attached hydrogens (primary N) is 1. The molecule has 4 rings (SSSR count). The van der Waals surface area contributed by atoms with Crippen molar-refractivity contribution in [2.24, 2.45) is 11.7 Å². The van der Waals surface area contributed by atoms with Gasteiger partial charge in [0, 0.05) is 25.4 Å². The van der Waals surface area contributed by atoms with Gasteiger partial charge in [-0.2, -0.15) is 18.3 Å². The molecular weight excluding hydrogens is 391 g/mol. The van der Waals surface area contributed by atoms with Crippen molar-refractivity contribution in [3.63, 3.8) is 0 Å². The largest absolute Gasteiger partial charge is 0.467 e. The third-order valence-electron chi connectivity index (χ3n) is 5.54. The summed E-state index contributed by atoms with van der Waals surface area (Å²) in [5.74, 6) is -0.760. The van der Waals surface area contributed by atoms with E-state index in [-0.39, 0.29) is 23.7 Å². The molecule has 11 heteroatoms. The summed E-state index contributed by atoms with van der Waals surface area (Å²) in [6, 6.07) is 0.567. The van der Waals surface area contributed by atoms with E-state index in [4.69, 9.17) is 10.2 Å². The third-order valence-corrected chi connectivity index (χ3v) is 5.54. The molecule has 1 saturated heterocycles. The highest BCUT2D eigenvalue weighted by Crippen LogP contribution is 2.44. The fraction of sp³-hybridized carbons (Fsp3) is 0.500. The molecular formula is C18H20F3N5O3. The molecule has 0 saturated carbocycles. The van der Waals surface area contributed by atoms with Crippen molar-refractivity contribution in [2.75, 3.05) is 18.4 Å². The molecule has 2 amide bonds. The Bertz CT molecular complexity index is 900. The van der Waals surface area contributed by atoms with Gasteiger partial charge in [0.2, 0.25) is 5.91 Å². The molecule has 4 heterocycles. The normalized spacial score (nSPS) is 22.8. The number of carbonyl (C=O) groups excluding carboxylic acids is 2. The Morgan fingerprint density at radius 3 is 2.59 bits per heavy atom. The van der Waals surface area contributed by atoms with Crippen molar-refractivity contribution in [2.45, 2.75) is 37.5 Å². The number of hydrogen-bond donors (Lipinski definition) is 2. The summed E-state index contributed by atoms with van der Waals surface area (Å²) in [6.45, 7) is 0.614. The van der Waals surface area contributed by atoms with E-state index >= 15 is 0 Å². The Hall–Kier alpha value is -2.98. The Morgan fingerprint density at radius 1 is 1.28 bits per heavy atom. The van der Waals surface area contributed by atoms with Crippen molar-refractivity contribution < 1.29 is 27.2 Å². The highest BCUT2D eigenvalue weighted by molar-refractivity contribution is 5.99. The van der Waals surface area contributed by atoms with E-state index in [2.05, 4.69) is 10.4 Å². The summed E-state index contributed by atoms with van der Waals surface area (Å²) in [5.41, 5.74) is 5.37. The number of anilines is 1. The maximum atomic E-state index is 13.7. The van der Waals surface area contributed by atoms with Crippen molar-refractivity contribution in [1.29, 1.82) is 0 Å². The molecule has 0 aromatic carbocycles. The van der Waals surface area contributed by atoms with Gasteiger partial charge in [-0.1, -0.05) is 0 Å². The molecule has 156 valence electrons. The second-order valence-electron chi connectivity index (χ2n) is 7.33. The number of nitrogens with zero attached hydrogens (tertiary/aromatic N) is 3. The molecule has 29 heavy (non-hydrogen) atoms. The quantitative estimate of drug-likeness (QED) is 0.807. The molecule has 0 aliphatic carbocycles. The Morgan fingerprint density at radius 2 is 2.00 bits per heavy atom. The predicted molar refractivity (Wildman–Crippen MR) is 94.8 cm³/mol. The van der Waals surface area contributed by atoms with E-state index in [1.165, 1.54) is 11.2 Å². The average molecular weight is 411 g/mol. The van der Waals surface area contributed by atoms with E-state index in [1.807, 2.05) is 0 Å². The number of piperidine rings is 1. The highest BCUT2D eigenvalue weighted by Gasteiger charge is 2.48. The number of aromatic nitrogens is 2. The van der Waals surface area contributed by atoms with Crippen LogP contribution in [0.3, 0.4) is 0 Å². The van der Waals surface area contributed by atoms with Gasteiger partial charge >= 0.3 is 6.18 Å². The lowest BCUT2D eigenvalue weighted by atomic mass is 9.96. The maximum absolute atomic E-state index is 13.7. The van der Waals surface area contributed by atoms with Crippen LogP contribution in [0.2, 0.25) is 0 Å². The van der Waals surface area contributed by atoms with Crippen LogP contribution in [0.4, 0.5) is 19.0 Å². The highest BCUT2D eigenvalue weighted by atomic mass is 19.4. The smallest absolute Gasteiger partial charge is 0.410 e. The van der Waals surface area contributed by atoms with E-state index in [1.54, 1.807) is 12.1 Å². The van der Waals surface area contributed by atoms with Gasteiger partial charge in [0.15, 0.2) is 6.04 Å². The van der Waals surface area contributed by atoms with Crippen molar-refractivity contribution in [3.8, 4) is 0 Å². The van der Waals surface area contributed by atoms with E-state index in [0.29, 0.717) is 31.7 Å². The van der Waals surface area contributed by atoms with Crippen LogP contribution in [0.15, 0.2) is 29.0 Å². The number of furan rings is 1. The minimum absolute atomic E-state index is 0.0157. The topological polar surface area (TPSA) is 106 Å². The van der Waals surface area contributed by atoms with Crippen molar-refractivity contribution in [1.82, 2.24) is 14.7 Å². The lowest BCUT2D eigenvalue weighted by Gasteiger charge is -2.34. The fourth-order valence-electron chi connectivity index (χ4n) is 3.93. The molecule has 1 fully saturated rings. The molecule has 2 aliphatic rings. The van der Waals surface area contributed by atoms with Crippen LogP contribution in [0.25, 0.3) is 0 Å². The van der Waals surface area contributed by atoms with Crippen molar-refractivity contribution >= 4 is 17.6 Å². The van der Waals surface area contributed by atoms with E-state index in [0.717, 1.165) is 10.9 Å². The zero-order chi connectivity index (χ0) is 20.8. The van der Waals surface area contributed by atoms with Crippen LogP contribution in [-0.4, -0.2) is 45.8 Å². The van der Waals surface area contributed by atoms with E-state index < -0.39 is 30.1 Å². The average Bonchev–Trinajstić information content (AvgIpc) is 3.35. The van der Waals surface area contributed by atoms with Gasteiger partial charge < -0.3 is 20.4 Å². The minimum atomic E-state index is -4.53. The van der Waals surface area contributed by atoms with Gasteiger partial charge in [-0.15, -0.1) is 0 Å². The number of halogens is 3. The summed E-state index contributed by atoms with van der Waals surface area (Å²) in [7, 11) is 0. The first kappa shape index (κ1) is 19.3. The fourth-order valence-corrected chi connectivity index (χ4v) is 3.93. The van der Waals surface area contributed by atoms with Gasteiger partial charge in [0.05, 0.1) is 18.5 Å². The minimum Gasteiger partial charge on any atom is -0.467 e. The van der Waals surface area contributed by atoms with Gasteiger partial charge in [-0.25, -0.2) is 4.68 Å². The SMILES string of the molecule is NC(=O)C1CCN(C(=O)c2cnn3c2NC(c2ccco2)CC3C(F)(F)F)CC1. The van der Waals surface area contributed by atoms with Crippen LogP contribution in [0, 0.1) is 5.92 Å². The Labute approximate surface area is 163 Å². The molecule has 0 spiro atoms. The summed E-state index contributed by atoms with van der Waals surface area (Å²) >= 11 is 0. The van der Waals surface area contributed by atoms with Crippen LogP contribution >= 0.6 is 0 Å². The first-order chi connectivity index (χ1) is 13.8. The number of alkyl halides is 3. The summed E-state index contributed by atoms with van der Waals surface area (Å²) in [6.07, 6.45) is -1.43. The Balaban J connectivity index is 1.62. The van der Waals surface area contributed by atoms with Crippen LogP contribution in [0.1, 0.15) is 47.5 Å². The van der Waals surface area contributed by atoms with Gasteiger partial charge in [-0.3, -0.25) is 9.59 Å². The first-order valence-electron chi connectivity index (χ1n) is 9.28. The van der Waals surface area contributed by atoms with Crippen LogP contribution in [0.5, 0.6) is 0 Å². The van der Waals surface area contributed by atoms with Crippen LogP contribution < -0.4 is 11.1 Å². The van der Waals surface area contributed by atoms with Gasteiger partial charge in [0.1, 0.15) is 17.1 Å². The molecule has 0 radical (unpaired) electrons. The number of amides is 2. The zero-order valence-electron chi connectivity index (χ0n) is 15.4. The molecule has 2 aromatic rings. The number of rotatable bonds is 3. The maximum Gasteiger partial charge on any atom is 0.410 e. The number of nitrogens with one attached hydrogen (secondary N) is 1. The number of fused-ring (bicyclic) bond motifs is 1. The molecule has 3 N–H and O–H groups in total. The van der Waals surface area contributed by atoms with Crippen molar-refractivity contribution in [3.05, 3.63) is 35.9 Å². The molecule has 2 aliphatic heterocycles. The Kier molecular flexibility index (Phi) is 4.75. The number of carbonyl (C=O) groups is 2. The lowest BCUT2D eigenvalue weighted by molar-refractivity contribution is -0.174. The second kappa shape index (κ2) is 7.12. The third kappa shape index (κ3) is 3.56. The number of primary amides is 1. The monoisotopic (exact) mass is 411 g/mol. The predicted octanol–water partition coefficient (Wildman–Crippen LogP) is 2.47. The zero-order valence-corrected chi connectivity index (χ0v) is 15.4. The second-order valence-corrected chi connectivity index (χ2v) is 7.33. The molecule has 2 aromatic heterocycles. The molecule has 2 unspecified atom stereocenters. The molecule has 2 atom stereocenters. The van der Waals surface area contributed by atoms with Crippen LogP contribution in [-0.2, 0) is 4.79 Å². The molecule has 8 nitrogen and oxygen atoms in total. The van der Waals surface area contributed by atoms with E-state index in [9.17, 15) is 22.8 Å². The summed E-state index contributed by atoms with van der Waals surface area (Å²) in [5, 5.41) is 6.84. The number of hydrogen-bond acceptors (Lipinski definition) is 5.